The van der Waals surface area contributed by atoms with Crippen LogP contribution in [0.4, 0.5) is 5.82 Å². The predicted octanol–water partition coefficient (Wildman–Crippen LogP) is 2.37. The van der Waals surface area contributed by atoms with Crippen molar-refractivity contribution in [3.63, 3.8) is 0 Å². The third kappa shape index (κ3) is 4.60. The summed E-state index contributed by atoms with van der Waals surface area (Å²) in [6, 6.07) is -0.000297. The van der Waals surface area contributed by atoms with E-state index in [1.54, 1.807) is 7.11 Å². The highest BCUT2D eigenvalue weighted by molar-refractivity contribution is 6.30. The van der Waals surface area contributed by atoms with Crippen LogP contribution in [0.2, 0.25) is 5.15 Å². The third-order valence-corrected chi connectivity index (χ3v) is 3.17. The van der Waals surface area contributed by atoms with Gasteiger partial charge in [-0.25, -0.2) is 9.97 Å². The van der Waals surface area contributed by atoms with Crippen molar-refractivity contribution in [3.05, 3.63) is 16.5 Å². The highest BCUT2D eigenvalue weighted by atomic mass is 35.5. The van der Waals surface area contributed by atoms with Crippen LogP contribution >= 0.6 is 11.6 Å². The van der Waals surface area contributed by atoms with Gasteiger partial charge in [0, 0.05) is 25.2 Å². The van der Waals surface area contributed by atoms with Crippen molar-refractivity contribution in [1.29, 1.82) is 0 Å². The minimum absolute atomic E-state index is 0.000297. The summed E-state index contributed by atoms with van der Waals surface area (Å²) in [6.45, 7) is 6.50. The van der Waals surface area contributed by atoms with Crippen molar-refractivity contribution in [1.82, 2.24) is 9.97 Å². The van der Waals surface area contributed by atoms with E-state index in [2.05, 4.69) is 15.3 Å². The summed E-state index contributed by atoms with van der Waals surface area (Å²) in [5, 5.41) is 12.8. The van der Waals surface area contributed by atoms with Gasteiger partial charge in [-0.3, -0.25) is 0 Å². The second-order valence-corrected chi connectivity index (χ2v) is 5.17. The molecule has 0 saturated heterocycles. The van der Waals surface area contributed by atoms with E-state index in [-0.39, 0.29) is 18.6 Å². The number of rotatable bonds is 7. The Morgan fingerprint density at radius 1 is 1.37 bits per heavy atom. The van der Waals surface area contributed by atoms with E-state index in [4.69, 9.17) is 21.4 Å². The van der Waals surface area contributed by atoms with Crippen molar-refractivity contribution >= 4 is 17.4 Å². The first-order valence-electron chi connectivity index (χ1n) is 6.40. The zero-order valence-electron chi connectivity index (χ0n) is 11.9. The number of halogens is 1. The van der Waals surface area contributed by atoms with Crippen LogP contribution < -0.4 is 5.32 Å². The molecule has 6 heteroatoms. The van der Waals surface area contributed by atoms with Crippen LogP contribution in [0.25, 0.3) is 0 Å². The summed E-state index contributed by atoms with van der Waals surface area (Å²) in [5.41, 5.74) is 0.810. The molecule has 1 atom stereocenters. The molecule has 108 valence electrons. The molecule has 0 aliphatic heterocycles. The van der Waals surface area contributed by atoms with E-state index >= 15 is 0 Å². The van der Waals surface area contributed by atoms with Crippen LogP contribution in [-0.4, -0.2) is 41.4 Å². The topological polar surface area (TPSA) is 67.3 Å². The van der Waals surface area contributed by atoms with E-state index in [1.165, 1.54) is 0 Å². The standard InChI is InChI=1S/C13H22ClN3O2/c1-8(2)12-16-11(14)9(3)13(17-12)15-10(5-6-18)7-19-4/h8,10,18H,5-7H2,1-4H3,(H,15,16,17). The maximum Gasteiger partial charge on any atom is 0.137 e. The fraction of sp³-hybridized carbons (Fsp3) is 0.692. The molecule has 1 unspecified atom stereocenters. The molecule has 0 fully saturated rings. The summed E-state index contributed by atoms with van der Waals surface area (Å²) in [5.74, 6) is 1.62. The Labute approximate surface area is 119 Å². The fourth-order valence-electron chi connectivity index (χ4n) is 1.65. The number of methoxy groups -OCH3 is 1. The number of anilines is 1. The molecule has 0 aromatic carbocycles. The highest BCUT2D eigenvalue weighted by Gasteiger charge is 2.15. The molecule has 0 spiro atoms. The molecule has 1 aromatic heterocycles. The van der Waals surface area contributed by atoms with Gasteiger partial charge < -0.3 is 15.2 Å². The number of hydrogen-bond donors (Lipinski definition) is 2. The number of nitrogens with one attached hydrogen (secondary N) is 1. The molecule has 19 heavy (non-hydrogen) atoms. The van der Waals surface area contributed by atoms with Gasteiger partial charge >= 0.3 is 0 Å². The van der Waals surface area contributed by atoms with Crippen LogP contribution in [0.1, 0.15) is 37.6 Å². The molecule has 1 aromatic rings. The Balaban J connectivity index is 2.97. The van der Waals surface area contributed by atoms with Crippen LogP contribution in [0.3, 0.4) is 0 Å². The van der Waals surface area contributed by atoms with Gasteiger partial charge in [0.05, 0.1) is 12.6 Å². The van der Waals surface area contributed by atoms with Gasteiger partial charge in [0.2, 0.25) is 0 Å². The lowest BCUT2D eigenvalue weighted by Crippen LogP contribution is -2.27. The average Bonchev–Trinajstić information content (AvgIpc) is 2.35. The molecule has 0 saturated carbocycles. The summed E-state index contributed by atoms with van der Waals surface area (Å²) in [4.78, 5) is 8.76. The largest absolute Gasteiger partial charge is 0.396 e. The van der Waals surface area contributed by atoms with Crippen molar-refractivity contribution in [2.24, 2.45) is 0 Å². The predicted molar refractivity (Wildman–Crippen MR) is 76.9 cm³/mol. The van der Waals surface area contributed by atoms with Crippen LogP contribution in [0.5, 0.6) is 0 Å². The molecule has 1 heterocycles. The zero-order chi connectivity index (χ0) is 14.4. The molecule has 0 radical (unpaired) electrons. The summed E-state index contributed by atoms with van der Waals surface area (Å²) in [6.07, 6.45) is 0.589. The van der Waals surface area contributed by atoms with E-state index in [0.29, 0.717) is 29.8 Å². The number of aromatic nitrogens is 2. The maximum absolute atomic E-state index is 9.05. The zero-order valence-corrected chi connectivity index (χ0v) is 12.7. The maximum atomic E-state index is 9.05. The van der Waals surface area contributed by atoms with Crippen LogP contribution in [-0.2, 0) is 4.74 Å². The average molecular weight is 288 g/mol. The second-order valence-electron chi connectivity index (χ2n) is 4.81. The second kappa shape index (κ2) is 7.62. The molecule has 0 aliphatic rings. The lowest BCUT2D eigenvalue weighted by molar-refractivity contribution is 0.170. The Hall–Kier alpha value is -0.910. The van der Waals surface area contributed by atoms with Crippen molar-refractivity contribution in [2.45, 2.75) is 39.2 Å². The van der Waals surface area contributed by atoms with Gasteiger partial charge in [0.1, 0.15) is 16.8 Å². The van der Waals surface area contributed by atoms with E-state index < -0.39 is 0 Å². The molecule has 1 rings (SSSR count). The molecular weight excluding hydrogens is 266 g/mol. The molecule has 0 aliphatic carbocycles. The van der Waals surface area contributed by atoms with Gasteiger partial charge in [0.15, 0.2) is 0 Å². The highest BCUT2D eigenvalue weighted by Crippen LogP contribution is 2.23. The van der Waals surface area contributed by atoms with E-state index in [9.17, 15) is 0 Å². The van der Waals surface area contributed by atoms with Crippen molar-refractivity contribution < 1.29 is 9.84 Å². The van der Waals surface area contributed by atoms with E-state index in [1.807, 2.05) is 20.8 Å². The Kier molecular flexibility index (Phi) is 6.48. The summed E-state index contributed by atoms with van der Waals surface area (Å²) >= 11 is 6.13. The van der Waals surface area contributed by atoms with E-state index in [0.717, 1.165) is 5.56 Å². The van der Waals surface area contributed by atoms with Crippen LogP contribution in [0, 0.1) is 6.92 Å². The van der Waals surface area contributed by atoms with Crippen LogP contribution in [0.15, 0.2) is 0 Å². The van der Waals surface area contributed by atoms with Crippen molar-refractivity contribution in [2.75, 3.05) is 25.6 Å². The smallest absolute Gasteiger partial charge is 0.137 e. The molecule has 2 N–H and O–H groups in total. The van der Waals surface area contributed by atoms with Gasteiger partial charge in [-0.2, -0.15) is 0 Å². The number of hydrogen-bond acceptors (Lipinski definition) is 5. The van der Waals surface area contributed by atoms with Gasteiger partial charge in [-0.05, 0) is 13.3 Å². The number of aliphatic hydroxyl groups is 1. The normalized spacial score (nSPS) is 12.8. The Morgan fingerprint density at radius 3 is 2.58 bits per heavy atom. The van der Waals surface area contributed by atoms with Gasteiger partial charge in [-0.15, -0.1) is 0 Å². The summed E-state index contributed by atoms with van der Waals surface area (Å²) < 4.78 is 5.13. The Bertz CT molecular complexity index is 407. The number of nitrogens with zero attached hydrogens (tertiary/aromatic N) is 2. The first kappa shape index (κ1) is 16.1. The van der Waals surface area contributed by atoms with Gasteiger partial charge in [-0.1, -0.05) is 25.4 Å². The first-order chi connectivity index (χ1) is 8.99. The summed E-state index contributed by atoms with van der Waals surface area (Å²) in [7, 11) is 1.63. The number of ether oxygens (including phenoxy) is 1. The SMILES string of the molecule is COCC(CCO)Nc1nc(C(C)C)nc(Cl)c1C. The monoisotopic (exact) mass is 287 g/mol. The van der Waals surface area contributed by atoms with Gasteiger partial charge in [0.25, 0.3) is 0 Å². The molecular formula is C13H22ClN3O2. The number of aliphatic hydroxyl groups excluding tert-OH is 1. The first-order valence-corrected chi connectivity index (χ1v) is 6.77. The minimum Gasteiger partial charge on any atom is -0.396 e. The lowest BCUT2D eigenvalue weighted by Gasteiger charge is -2.20. The molecule has 0 bridgehead atoms. The molecule has 0 amide bonds. The lowest BCUT2D eigenvalue weighted by atomic mass is 10.2. The minimum atomic E-state index is -0.000297. The fourth-order valence-corrected chi connectivity index (χ4v) is 1.83. The Morgan fingerprint density at radius 2 is 2.05 bits per heavy atom. The molecule has 5 nitrogen and oxygen atoms in total. The third-order valence-electron chi connectivity index (χ3n) is 2.81. The quantitative estimate of drug-likeness (QED) is 0.754. The van der Waals surface area contributed by atoms with Crippen molar-refractivity contribution in [3.8, 4) is 0 Å².